The van der Waals surface area contributed by atoms with Crippen molar-refractivity contribution in [3.05, 3.63) is 120 Å². The molecule has 2 saturated heterocycles. The van der Waals surface area contributed by atoms with Crippen LogP contribution in [0.15, 0.2) is 104 Å². The molecular formula is C38H42N6O5. The fraction of sp³-hybridized carbons (Fsp3) is 0.316. The summed E-state index contributed by atoms with van der Waals surface area (Å²) in [7, 11) is 0. The molecule has 0 radical (unpaired) electrons. The van der Waals surface area contributed by atoms with Crippen LogP contribution in [-0.2, 0) is 20.9 Å². The Morgan fingerprint density at radius 2 is 1.59 bits per heavy atom. The van der Waals surface area contributed by atoms with Crippen LogP contribution in [-0.4, -0.2) is 95.3 Å². The van der Waals surface area contributed by atoms with Gasteiger partial charge in [0.25, 0.3) is 0 Å². The number of terminal acetylenes is 1. The summed E-state index contributed by atoms with van der Waals surface area (Å²) >= 11 is 0. The van der Waals surface area contributed by atoms with Gasteiger partial charge in [-0.15, -0.1) is 6.42 Å². The number of fused-ring (bicyclic) bond motifs is 1. The van der Waals surface area contributed by atoms with Gasteiger partial charge in [-0.05, 0) is 29.5 Å². The maximum Gasteiger partial charge on any atom is 0.407 e. The number of amides is 5. The molecule has 2 heterocycles. The smallest absolute Gasteiger partial charge is 0.407 e. The molecule has 0 bridgehead atoms. The number of carbonyl (C=O) groups excluding carboxylic acids is 4. The number of piperazine rings is 1. The van der Waals surface area contributed by atoms with Gasteiger partial charge in [-0.1, -0.05) is 110 Å². The molecule has 2 fully saturated rings. The molecule has 49 heavy (non-hydrogen) atoms. The van der Waals surface area contributed by atoms with E-state index in [1.807, 2.05) is 91.0 Å². The summed E-state index contributed by atoms with van der Waals surface area (Å²) in [6, 6.07) is 28.1. The minimum Gasteiger partial charge on any atom is -0.445 e. The van der Waals surface area contributed by atoms with E-state index in [-0.39, 0.29) is 63.5 Å². The van der Waals surface area contributed by atoms with E-state index in [1.54, 1.807) is 9.91 Å². The van der Waals surface area contributed by atoms with Crippen molar-refractivity contribution >= 4 is 23.9 Å². The normalized spacial score (nSPS) is 17.7. The van der Waals surface area contributed by atoms with Crippen molar-refractivity contribution in [2.24, 2.45) is 0 Å². The van der Waals surface area contributed by atoms with Crippen molar-refractivity contribution < 1.29 is 23.9 Å². The molecule has 0 spiro atoms. The van der Waals surface area contributed by atoms with Crippen LogP contribution in [0.4, 0.5) is 9.59 Å². The largest absolute Gasteiger partial charge is 0.445 e. The Morgan fingerprint density at radius 3 is 2.20 bits per heavy atom. The first-order chi connectivity index (χ1) is 23.9. The third kappa shape index (κ3) is 8.66. The molecule has 2 aliphatic rings. The quantitative estimate of drug-likeness (QED) is 0.163. The molecule has 5 amide bonds. The number of nitrogens with zero attached hydrogens (tertiary/aromatic N) is 4. The van der Waals surface area contributed by atoms with Crippen molar-refractivity contribution in [3.63, 3.8) is 0 Å². The number of nitrogens with one attached hydrogen (secondary N) is 2. The van der Waals surface area contributed by atoms with Crippen molar-refractivity contribution in [1.29, 1.82) is 0 Å². The maximum atomic E-state index is 14.4. The second-order valence-corrected chi connectivity index (χ2v) is 11.9. The lowest BCUT2D eigenvalue weighted by Gasteiger charge is -2.55. The molecule has 3 aromatic carbocycles. The predicted octanol–water partition coefficient (Wildman–Crippen LogP) is 3.95. The Labute approximate surface area is 287 Å². The van der Waals surface area contributed by atoms with E-state index in [2.05, 4.69) is 23.1 Å². The van der Waals surface area contributed by atoms with Crippen LogP contribution < -0.4 is 10.6 Å². The summed E-state index contributed by atoms with van der Waals surface area (Å²) < 4.78 is 5.00. The van der Waals surface area contributed by atoms with Crippen LogP contribution >= 0.6 is 0 Å². The lowest BCUT2D eigenvalue weighted by atomic mass is 9.90. The highest BCUT2D eigenvalue weighted by molar-refractivity contribution is 5.91. The van der Waals surface area contributed by atoms with Gasteiger partial charge < -0.3 is 25.2 Å². The average molecular weight is 663 g/mol. The zero-order valence-electron chi connectivity index (χ0n) is 27.4. The molecule has 0 unspecified atom stereocenters. The third-order valence-electron chi connectivity index (χ3n) is 8.66. The summed E-state index contributed by atoms with van der Waals surface area (Å²) in [5, 5.41) is 8.74. The van der Waals surface area contributed by atoms with Crippen molar-refractivity contribution in [3.8, 4) is 12.3 Å². The molecule has 0 saturated carbocycles. The van der Waals surface area contributed by atoms with Gasteiger partial charge in [-0.25, -0.2) is 14.6 Å². The van der Waals surface area contributed by atoms with Crippen LogP contribution in [0.3, 0.4) is 0 Å². The number of ether oxygens (including phenoxy) is 1. The van der Waals surface area contributed by atoms with Gasteiger partial charge in [-0.3, -0.25) is 9.59 Å². The first kappa shape index (κ1) is 34.7. The van der Waals surface area contributed by atoms with Crippen molar-refractivity contribution in [2.45, 2.75) is 37.5 Å². The van der Waals surface area contributed by atoms with Gasteiger partial charge >= 0.3 is 12.1 Å². The van der Waals surface area contributed by atoms with Gasteiger partial charge in [-0.2, -0.15) is 5.01 Å². The molecule has 5 rings (SSSR count). The van der Waals surface area contributed by atoms with E-state index in [0.717, 1.165) is 16.7 Å². The molecule has 2 aliphatic heterocycles. The Balaban J connectivity index is 1.46. The third-order valence-corrected chi connectivity index (χ3v) is 8.66. The number of hydrogen-bond donors (Lipinski definition) is 2. The monoisotopic (exact) mass is 662 g/mol. The maximum absolute atomic E-state index is 14.4. The molecular weight excluding hydrogens is 620 g/mol. The lowest BCUT2D eigenvalue weighted by Crippen LogP contribution is -2.76. The number of alkyl carbamates (subject to hydrolysis) is 1. The highest BCUT2D eigenvalue weighted by Gasteiger charge is 2.51. The fourth-order valence-corrected chi connectivity index (χ4v) is 6.40. The van der Waals surface area contributed by atoms with Gasteiger partial charge in [0.15, 0.2) is 0 Å². The summed E-state index contributed by atoms with van der Waals surface area (Å²) in [6.45, 7) is 4.39. The van der Waals surface area contributed by atoms with Crippen LogP contribution in [0.1, 0.15) is 35.4 Å². The number of benzene rings is 3. The molecule has 0 aromatic heterocycles. The highest BCUT2D eigenvalue weighted by atomic mass is 16.5. The van der Waals surface area contributed by atoms with Gasteiger partial charge in [0, 0.05) is 25.6 Å². The molecule has 3 aromatic rings. The molecule has 0 aliphatic carbocycles. The van der Waals surface area contributed by atoms with Crippen molar-refractivity contribution in [2.75, 3.05) is 39.3 Å². The summed E-state index contributed by atoms with van der Waals surface area (Å²) in [5.41, 5.74) is 2.98. The standard InChI is InChI=1S/C38H42N6O5/c1-3-23-42-28-35(45)43-33(21-14-22-39-38(48)49-24-4-2)36(46)41(26-32(30-17-10-6-11-18-30)31-19-12-7-13-20-31)27-34(43)44(42)37(47)40-25-29-15-8-5-9-16-29/h1,4-13,15-20,32-34H,2,14,21-28H2,(H,39,48)(H,40,47)/t33-,34-/m0/s1. The predicted molar refractivity (Wildman–Crippen MR) is 185 cm³/mol. The Morgan fingerprint density at radius 1 is 0.959 bits per heavy atom. The zero-order valence-corrected chi connectivity index (χ0v) is 27.4. The van der Waals surface area contributed by atoms with Gasteiger partial charge in [0.05, 0.1) is 19.6 Å². The second kappa shape index (κ2) is 17.0. The molecule has 11 heteroatoms. The lowest BCUT2D eigenvalue weighted by molar-refractivity contribution is -0.189. The van der Waals surface area contributed by atoms with Crippen LogP contribution in [0.25, 0.3) is 0 Å². The first-order valence-electron chi connectivity index (χ1n) is 16.4. The fourth-order valence-electron chi connectivity index (χ4n) is 6.40. The molecule has 254 valence electrons. The topological polar surface area (TPSA) is 115 Å². The van der Waals surface area contributed by atoms with E-state index >= 15 is 0 Å². The minimum atomic E-state index is -0.873. The number of rotatable bonds is 13. The minimum absolute atomic E-state index is 0.0286. The Bertz CT molecular complexity index is 1590. The molecule has 2 atom stereocenters. The van der Waals surface area contributed by atoms with Gasteiger partial charge in [0.1, 0.15) is 18.8 Å². The van der Waals surface area contributed by atoms with Crippen LogP contribution in [0, 0.1) is 12.3 Å². The highest BCUT2D eigenvalue weighted by Crippen LogP contribution is 2.32. The summed E-state index contributed by atoms with van der Waals surface area (Å²) in [6.07, 6.45) is 6.43. The number of carbonyl (C=O) groups is 4. The SMILES string of the molecule is C#CCN1CC(=O)N2[C@@H](CCCNC(=O)OCC=C)C(=O)N(CC(c3ccccc3)c3ccccc3)C[C@@H]2N1C(=O)NCc1ccccc1. The number of hydrogen-bond acceptors (Lipinski definition) is 6. The summed E-state index contributed by atoms with van der Waals surface area (Å²) in [4.78, 5) is 57.6. The van der Waals surface area contributed by atoms with Gasteiger partial charge in [0.2, 0.25) is 11.8 Å². The molecule has 11 nitrogen and oxygen atoms in total. The second-order valence-electron chi connectivity index (χ2n) is 11.9. The Kier molecular flexibility index (Phi) is 12.0. The van der Waals surface area contributed by atoms with E-state index in [1.165, 1.54) is 16.0 Å². The number of urea groups is 1. The van der Waals surface area contributed by atoms with Crippen LogP contribution in [0.5, 0.6) is 0 Å². The van der Waals surface area contributed by atoms with Crippen molar-refractivity contribution in [1.82, 2.24) is 30.5 Å². The Hall–Kier alpha value is -5.60. The van der Waals surface area contributed by atoms with E-state index in [0.29, 0.717) is 13.0 Å². The summed E-state index contributed by atoms with van der Waals surface area (Å²) in [5.74, 6) is 1.90. The molecule has 2 N–H and O–H groups in total. The van der Waals surface area contributed by atoms with E-state index in [4.69, 9.17) is 11.2 Å². The van der Waals surface area contributed by atoms with Crippen LogP contribution in [0.2, 0.25) is 0 Å². The first-order valence-corrected chi connectivity index (χ1v) is 16.4. The zero-order chi connectivity index (χ0) is 34.6. The van der Waals surface area contributed by atoms with E-state index < -0.39 is 24.3 Å². The number of hydrazine groups is 1. The van der Waals surface area contributed by atoms with E-state index in [9.17, 15) is 19.2 Å². The average Bonchev–Trinajstić information content (AvgIpc) is 3.13.